The number of aromatic amines is 1. The highest BCUT2D eigenvalue weighted by Crippen LogP contribution is 2.31. The minimum atomic E-state index is -4.42. The maximum Gasteiger partial charge on any atom is 0.416 e. The molecule has 0 aliphatic carbocycles. The van der Waals surface area contributed by atoms with Gasteiger partial charge in [0, 0.05) is 30.8 Å². The Kier molecular flexibility index (Phi) is 5.77. The Morgan fingerprint density at radius 2 is 1.94 bits per heavy atom. The maximum absolute atomic E-state index is 12.8. The number of ether oxygens (including phenoxy) is 1. The number of nitrogens with one attached hydrogen (secondary N) is 1. The number of hydrogen-bond donors (Lipinski definition) is 1. The molecule has 5 nitrogen and oxygen atoms in total. The summed E-state index contributed by atoms with van der Waals surface area (Å²) in [6.45, 7) is 1.75. The third kappa shape index (κ3) is 4.60. The predicted octanol–water partition coefficient (Wildman–Crippen LogP) is 4.68. The van der Waals surface area contributed by atoms with Gasteiger partial charge in [-0.25, -0.2) is 4.98 Å². The Labute approximate surface area is 181 Å². The van der Waals surface area contributed by atoms with Crippen LogP contribution >= 0.6 is 11.6 Å². The summed E-state index contributed by atoms with van der Waals surface area (Å²) in [5, 5.41) is 0.525. The predicted molar refractivity (Wildman–Crippen MR) is 111 cm³/mol. The standard InChI is InChI=1S/C22H19ClF3N3O2/c1-31-19-7-2-13(10-17(19)23)11-29-9-8-16-18(12-29)27-20(28-21(16)30)14-3-5-15(6-4-14)22(24,25)26/h2-7,10H,8-9,11-12H2,1H3,(H,27,28,30). The van der Waals surface area contributed by atoms with Gasteiger partial charge in [-0.1, -0.05) is 29.8 Å². The molecule has 1 N–H and O–H groups in total. The molecule has 9 heteroatoms. The monoisotopic (exact) mass is 449 g/mol. The van der Waals surface area contributed by atoms with Crippen molar-refractivity contribution in [3.8, 4) is 17.1 Å². The quantitative estimate of drug-likeness (QED) is 0.628. The van der Waals surface area contributed by atoms with E-state index in [4.69, 9.17) is 16.3 Å². The zero-order valence-electron chi connectivity index (χ0n) is 16.6. The van der Waals surface area contributed by atoms with E-state index < -0.39 is 11.7 Å². The number of hydrogen-bond acceptors (Lipinski definition) is 4. The van der Waals surface area contributed by atoms with Crippen molar-refractivity contribution < 1.29 is 17.9 Å². The number of aromatic nitrogens is 2. The number of halogens is 4. The van der Waals surface area contributed by atoms with Crippen LogP contribution in [0.25, 0.3) is 11.4 Å². The third-order valence-electron chi connectivity index (χ3n) is 5.26. The molecule has 0 spiro atoms. The fourth-order valence-corrected chi connectivity index (χ4v) is 3.93. The largest absolute Gasteiger partial charge is 0.495 e. The van der Waals surface area contributed by atoms with E-state index in [1.807, 2.05) is 12.1 Å². The third-order valence-corrected chi connectivity index (χ3v) is 5.56. The van der Waals surface area contributed by atoms with E-state index in [2.05, 4.69) is 14.9 Å². The van der Waals surface area contributed by atoms with Crippen molar-refractivity contribution in [3.05, 3.63) is 80.2 Å². The first-order chi connectivity index (χ1) is 14.7. The summed E-state index contributed by atoms with van der Waals surface area (Å²) < 4.78 is 43.6. The van der Waals surface area contributed by atoms with E-state index in [1.54, 1.807) is 13.2 Å². The SMILES string of the molecule is COc1ccc(CN2CCc3c(nc(-c4ccc(C(F)(F)F)cc4)[nH]c3=O)C2)cc1Cl. The summed E-state index contributed by atoms with van der Waals surface area (Å²) in [5.74, 6) is 0.857. The molecule has 0 amide bonds. The normalized spacial score (nSPS) is 14.4. The van der Waals surface area contributed by atoms with Crippen molar-refractivity contribution in [1.82, 2.24) is 14.9 Å². The maximum atomic E-state index is 12.8. The average Bonchev–Trinajstić information content (AvgIpc) is 2.73. The lowest BCUT2D eigenvalue weighted by Gasteiger charge is -2.28. The fourth-order valence-electron chi connectivity index (χ4n) is 3.65. The number of alkyl halides is 3. The van der Waals surface area contributed by atoms with Gasteiger partial charge in [-0.05, 0) is 36.2 Å². The lowest BCUT2D eigenvalue weighted by Crippen LogP contribution is -2.35. The van der Waals surface area contributed by atoms with Crippen LogP contribution in [0.3, 0.4) is 0 Å². The van der Waals surface area contributed by atoms with Gasteiger partial charge in [0.2, 0.25) is 0 Å². The number of H-pyrrole nitrogens is 1. The molecule has 1 aliphatic heterocycles. The second-order valence-electron chi connectivity index (χ2n) is 7.34. The van der Waals surface area contributed by atoms with Crippen molar-refractivity contribution in [1.29, 1.82) is 0 Å². The van der Waals surface area contributed by atoms with Gasteiger partial charge in [0.05, 0.1) is 23.4 Å². The number of methoxy groups -OCH3 is 1. The van der Waals surface area contributed by atoms with Gasteiger partial charge >= 0.3 is 6.18 Å². The van der Waals surface area contributed by atoms with Crippen LogP contribution in [0.4, 0.5) is 13.2 Å². The molecule has 0 bridgehead atoms. The summed E-state index contributed by atoms with van der Waals surface area (Å²) in [6.07, 6.45) is -3.88. The van der Waals surface area contributed by atoms with Crippen LogP contribution in [-0.4, -0.2) is 28.5 Å². The molecular weight excluding hydrogens is 431 g/mol. The summed E-state index contributed by atoms with van der Waals surface area (Å²) in [4.78, 5) is 21.9. The van der Waals surface area contributed by atoms with E-state index in [1.165, 1.54) is 12.1 Å². The van der Waals surface area contributed by atoms with Gasteiger partial charge in [-0.15, -0.1) is 0 Å². The topological polar surface area (TPSA) is 58.2 Å². The molecule has 31 heavy (non-hydrogen) atoms. The summed E-state index contributed by atoms with van der Waals surface area (Å²) in [5.41, 5.74) is 1.66. The molecule has 0 saturated heterocycles. The lowest BCUT2D eigenvalue weighted by molar-refractivity contribution is -0.137. The van der Waals surface area contributed by atoms with Gasteiger partial charge in [0.25, 0.3) is 5.56 Å². The number of benzene rings is 2. The van der Waals surface area contributed by atoms with Crippen molar-refractivity contribution in [2.45, 2.75) is 25.7 Å². The Balaban J connectivity index is 1.57. The van der Waals surface area contributed by atoms with Crippen LogP contribution in [-0.2, 0) is 25.7 Å². The zero-order valence-corrected chi connectivity index (χ0v) is 17.3. The van der Waals surface area contributed by atoms with E-state index >= 15 is 0 Å². The van der Waals surface area contributed by atoms with Crippen molar-refractivity contribution in [2.75, 3.05) is 13.7 Å². The van der Waals surface area contributed by atoms with E-state index in [0.717, 1.165) is 17.7 Å². The van der Waals surface area contributed by atoms with Crippen LogP contribution in [0.5, 0.6) is 5.75 Å². The highest BCUT2D eigenvalue weighted by atomic mass is 35.5. The van der Waals surface area contributed by atoms with Gasteiger partial charge in [0.1, 0.15) is 11.6 Å². The van der Waals surface area contributed by atoms with Crippen LogP contribution in [0, 0.1) is 0 Å². The molecule has 0 unspecified atom stereocenters. The van der Waals surface area contributed by atoms with Crippen molar-refractivity contribution in [3.63, 3.8) is 0 Å². The average molecular weight is 450 g/mol. The molecule has 2 heterocycles. The van der Waals surface area contributed by atoms with Crippen LogP contribution in [0.2, 0.25) is 5.02 Å². The zero-order chi connectivity index (χ0) is 22.2. The smallest absolute Gasteiger partial charge is 0.416 e. The number of nitrogens with zero attached hydrogens (tertiary/aromatic N) is 2. The Morgan fingerprint density at radius 3 is 2.58 bits per heavy atom. The minimum Gasteiger partial charge on any atom is -0.495 e. The molecule has 0 atom stereocenters. The van der Waals surface area contributed by atoms with Crippen molar-refractivity contribution in [2.24, 2.45) is 0 Å². The molecular formula is C22H19ClF3N3O2. The van der Waals surface area contributed by atoms with E-state index in [-0.39, 0.29) is 11.4 Å². The minimum absolute atomic E-state index is 0.256. The Hall–Kier alpha value is -2.84. The fraction of sp³-hybridized carbons (Fsp3) is 0.273. The second-order valence-corrected chi connectivity index (χ2v) is 7.75. The van der Waals surface area contributed by atoms with E-state index in [0.29, 0.717) is 53.6 Å². The Bertz CT molecular complexity index is 1160. The highest BCUT2D eigenvalue weighted by Gasteiger charge is 2.30. The number of rotatable bonds is 4. The van der Waals surface area contributed by atoms with Gasteiger partial charge < -0.3 is 9.72 Å². The molecule has 0 fully saturated rings. The van der Waals surface area contributed by atoms with Gasteiger partial charge in [-0.2, -0.15) is 13.2 Å². The molecule has 0 saturated carbocycles. The van der Waals surface area contributed by atoms with E-state index in [9.17, 15) is 18.0 Å². The van der Waals surface area contributed by atoms with Crippen LogP contribution in [0.1, 0.15) is 22.4 Å². The second kappa shape index (κ2) is 8.36. The molecule has 162 valence electrons. The number of fused-ring (bicyclic) bond motifs is 1. The highest BCUT2D eigenvalue weighted by molar-refractivity contribution is 6.32. The molecule has 1 aromatic heterocycles. The summed E-state index contributed by atoms with van der Waals surface area (Å²) in [6, 6.07) is 10.2. The summed E-state index contributed by atoms with van der Waals surface area (Å²) in [7, 11) is 1.56. The molecule has 1 aliphatic rings. The van der Waals surface area contributed by atoms with Gasteiger partial charge in [-0.3, -0.25) is 9.69 Å². The molecule has 4 rings (SSSR count). The van der Waals surface area contributed by atoms with Gasteiger partial charge in [0.15, 0.2) is 0 Å². The first-order valence-corrected chi connectivity index (χ1v) is 9.97. The van der Waals surface area contributed by atoms with Crippen LogP contribution < -0.4 is 10.3 Å². The van der Waals surface area contributed by atoms with Crippen molar-refractivity contribution >= 4 is 11.6 Å². The Morgan fingerprint density at radius 1 is 1.19 bits per heavy atom. The molecule has 2 aromatic carbocycles. The van der Waals surface area contributed by atoms with Crippen LogP contribution in [0.15, 0.2) is 47.3 Å². The molecule has 3 aromatic rings. The first kappa shape index (κ1) is 21.4. The lowest BCUT2D eigenvalue weighted by atomic mass is 10.0. The molecule has 0 radical (unpaired) electrons. The summed E-state index contributed by atoms with van der Waals surface area (Å²) >= 11 is 6.21. The first-order valence-electron chi connectivity index (χ1n) is 9.59.